The molecular weight excluding hydrogens is 434 g/mol. The van der Waals surface area contributed by atoms with Gasteiger partial charge in [-0.3, -0.25) is 9.59 Å². The number of carbonyl (C=O) groups excluding carboxylic acids is 2. The van der Waals surface area contributed by atoms with E-state index in [0.29, 0.717) is 26.4 Å². The quantitative estimate of drug-likeness (QED) is 0.303. The number of amides is 1. The maximum absolute atomic E-state index is 12.8. The molecule has 0 aliphatic heterocycles. The van der Waals surface area contributed by atoms with Crippen LogP contribution in [0.15, 0.2) is 35.4 Å². The van der Waals surface area contributed by atoms with E-state index in [-0.39, 0.29) is 17.6 Å². The van der Waals surface area contributed by atoms with Crippen LogP contribution in [0, 0.1) is 6.92 Å². The Hall–Kier alpha value is -2.49. The molecule has 0 unspecified atom stereocenters. The van der Waals surface area contributed by atoms with Crippen molar-refractivity contribution in [2.45, 2.75) is 43.4 Å². The first-order chi connectivity index (χ1) is 14.8. The Morgan fingerprint density at radius 2 is 2.06 bits per heavy atom. The van der Waals surface area contributed by atoms with Crippen LogP contribution in [0.25, 0.3) is 10.9 Å². The van der Waals surface area contributed by atoms with E-state index in [2.05, 4.69) is 15.3 Å². The van der Waals surface area contributed by atoms with Crippen molar-refractivity contribution in [2.75, 3.05) is 12.9 Å². The number of hydrogen-bond donors (Lipinski definition) is 2. The number of rotatable bonds is 8. The predicted molar refractivity (Wildman–Crippen MR) is 121 cm³/mol. The lowest BCUT2D eigenvalue weighted by atomic mass is 10.0. The standard InChI is InChI=1S/C22H23N3O4S2/c1-12-23-16-7-6-14(29-3)10-15(16)20(24-12)30-11-17(26)18-8-9-19(31-18)22(2,28)21(27)25-13-4-5-13/h6-10,13,28H,4-5,11H2,1-3H3,(H,25,27)/t22-/m0/s1. The Morgan fingerprint density at radius 3 is 2.77 bits per heavy atom. The maximum atomic E-state index is 12.8. The Balaban J connectivity index is 1.49. The summed E-state index contributed by atoms with van der Waals surface area (Å²) in [5.74, 6) is 0.986. The fourth-order valence-electron chi connectivity index (χ4n) is 3.05. The largest absolute Gasteiger partial charge is 0.497 e. The number of methoxy groups -OCH3 is 1. The molecule has 1 amide bonds. The molecule has 31 heavy (non-hydrogen) atoms. The maximum Gasteiger partial charge on any atom is 0.257 e. The molecule has 2 aromatic heterocycles. The topological polar surface area (TPSA) is 101 Å². The van der Waals surface area contributed by atoms with E-state index in [9.17, 15) is 14.7 Å². The number of benzene rings is 1. The van der Waals surface area contributed by atoms with Crippen molar-refractivity contribution in [1.29, 1.82) is 0 Å². The van der Waals surface area contributed by atoms with Crippen LogP contribution in [0.5, 0.6) is 5.75 Å². The van der Waals surface area contributed by atoms with E-state index in [1.54, 1.807) is 19.2 Å². The monoisotopic (exact) mass is 457 g/mol. The minimum absolute atomic E-state index is 0.0908. The van der Waals surface area contributed by atoms with Gasteiger partial charge in [-0.05, 0) is 57.0 Å². The first-order valence-electron chi connectivity index (χ1n) is 9.90. The van der Waals surface area contributed by atoms with Crippen molar-refractivity contribution in [1.82, 2.24) is 15.3 Å². The van der Waals surface area contributed by atoms with E-state index in [1.807, 2.05) is 25.1 Å². The van der Waals surface area contributed by atoms with Gasteiger partial charge < -0.3 is 15.2 Å². The zero-order chi connectivity index (χ0) is 22.2. The summed E-state index contributed by atoms with van der Waals surface area (Å²) in [6, 6.07) is 9.03. The van der Waals surface area contributed by atoms with Crippen molar-refractivity contribution in [2.24, 2.45) is 0 Å². The van der Waals surface area contributed by atoms with Gasteiger partial charge in [0, 0.05) is 16.3 Å². The first kappa shape index (κ1) is 21.7. The highest BCUT2D eigenvalue weighted by atomic mass is 32.2. The number of thiophene rings is 1. The number of nitrogens with one attached hydrogen (secondary N) is 1. The van der Waals surface area contributed by atoms with Crippen LogP contribution in [-0.2, 0) is 10.4 Å². The lowest BCUT2D eigenvalue weighted by Crippen LogP contribution is -2.42. The second-order valence-electron chi connectivity index (χ2n) is 7.65. The van der Waals surface area contributed by atoms with Gasteiger partial charge in [0.25, 0.3) is 5.91 Å². The number of hydrogen-bond acceptors (Lipinski definition) is 8. The molecule has 1 fully saturated rings. The molecule has 1 aliphatic carbocycles. The first-order valence-corrected chi connectivity index (χ1v) is 11.7. The van der Waals surface area contributed by atoms with Crippen molar-refractivity contribution in [3.8, 4) is 5.75 Å². The molecule has 1 aliphatic rings. The van der Waals surface area contributed by atoms with Crippen molar-refractivity contribution in [3.63, 3.8) is 0 Å². The summed E-state index contributed by atoms with van der Waals surface area (Å²) in [5.41, 5.74) is -0.866. The van der Waals surface area contributed by atoms with Crippen LogP contribution in [0.4, 0.5) is 0 Å². The Kier molecular flexibility index (Phi) is 6.00. The molecule has 1 saturated carbocycles. The molecule has 2 heterocycles. The van der Waals surface area contributed by atoms with Gasteiger partial charge in [0.15, 0.2) is 11.4 Å². The normalized spacial score (nSPS) is 15.5. The van der Waals surface area contributed by atoms with Crippen molar-refractivity contribution in [3.05, 3.63) is 45.9 Å². The predicted octanol–water partition coefficient (Wildman–Crippen LogP) is 3.47. The number of aromatic nitrogens is 2. The third kappa shape index (κ3) is 4.73. The van der Waals surface area contributed by atoms with E-state index in [0.717, 1.165) is 35.1 Å². The third-order valence-electron chi connectivity index (χ3n) is 5.04. The number of fused-ring (bicyclic) bond motifs is 1. The summed E-state index contributed by atoms with van der Waals surface area (Å²) in [6.45, 7) is 3.28. The number of carbonyl (C=O) groups is 2. The Bertz CT molecular complexity index is 1150. The third-order valence-corrected chi connectivity index (χ3v) is 7.36. The van der Waals surface area contributed by atoms with E-state index in [1.165, 1.54) is 18.7 Å². The van der Waals surface area contributed by atoms with Gasteiger partial charge in [0.2, 0.25) is 0 Å². The number of aryl methyl sites for hydroxylation is 1. The molecule has 0 radical (unpaired) electrons. The van der Waals surface area contributed by atoms with Gasteiger partial charge in [0.05, 0.1) is 23.3 Å². The highest BCUT2D eigenvalue weighted by molar-refractivity contribution is 8.00. The molecule has 9 heteroatoms. The van der Waals surface area contributed by atoms with Gasteiger partial charge in [-0.15, -0.1) is 11.3 Å². The van der Waals surface area contributed by atoms with Crippen LogP contribution in [-0.4, -0.2) is 45.7 Å². The van der Waals surface area contributed by atoms with Crippen LogP contribution < -0.4 is 10.1 Å². The number of nitrogens with zero attached hydrogens (tertiary/aromatic N) is 2. The van der Waals surface area contributed by atoms with E-state index < -0.39 is 11.5 Å². The summed E-state index contributed by atoms with van der Waals surface area (Å²) in [7, 11) is 1.60. The number of Topliss-reactive ketones (excluding diaryl/α,β-unsaturated/α-hetero) is 1. The highest BCUT2D eigenvalue weighted by Crippen LogP contribution is 2.32. The summed E-state index contributed by atoms with van der Waals surface area (Å²) < 4.78 is 5.30. The van der Waals surface area contributed by atoms with Crippen molar-refractivity contribution >= 4 is 45.7 Å². The minimum atomic E-state index is -1.66. The van der Waals surface area contributed by atoms with E-state index in [4.69, 9.17) is 4.74 Å². The van der Waals surface area contributed by atoms with Crippen molar-refractivity contribution < 1.29 is 19.4 Å². The van der Waals surface area contributed by atoms with E-state index >= 15 is 0 Å². The average Bonchev–Trinajstić information content (AvgIpc) is 3.41. The average molecular weight is 458 g/mol. The molecular formula is C22H23N3O4S2. The van der Waals surface area contributed by atoms with Gasteiger partial charge >= 0.3 is 0 Å². The van der Waals surface area contributed by atoms with Crippen LogP contribution in [0.2, 0.25) is 0 Å². The second-order valence-corrected chi connectivity index (χ2v) is 9.70. The molecule has 162 valence electrons. The van der Waals surface area contributed by atoms with Crippen LogP contribution >= 0.6 is 23.1 Å². The number of ether oxygens (including phenoxy) is 1. The second kappa shape index (κ2) is 8.57. The minimum Gasteiger partial charge on any atom is -0.497 e. The lowest BCUT2D eigenvalue weighted by Gasteiger charge is -2.20. The van der Waals surface area contributed by atoms with Gasteiger partial charge in [-0.1, -0.05) is 11.8 Å². The number of aliphatic hydroxyl groups is 1. The zero-order valence-electron chi connectivity index (χ0n) is 17.5. The summed E-state index contributed by atoms with van der Waals surface area (Å²) in [4.78, 5) is 35.0. The molecule has 0 spiro atoms. The molecule has 0 saturated heterocycles. The molecule has 2 N–H and O–H groups in total. The summed E-state index contributed by atoms with van der Waals surface area (Å²) in [6.07, 6.45) is 1.88. The zero-order valence-corrected chi connectivity index (χ0v) is 19.1. The molecule has 4 rings (SSSR count). The van der Waals surface area contributed by atoms with Crippen LogP contribution in [0.3, 0.4) is 0 Å². The van der Waals surface area contributed by atoms with Crippen LogP contribution in [0.1, 0.15) is 40.1 Å². The Morgan fingerprint density at radius 1 is 1.29 bits per heavy atom. The summed E-state index contributed by atoms with van der Waals surface area (Å²) >= 11 is 2.48. The van der Waals surface area contributed by atoms with Gasteiger partial charge in [-0.2, -0.15) is 0 Å². The fraction of sp³-hybridized carbons (Fsp3) is 0.364. The molecule has 1 aromatic carbocycles. The SMILES string of the molecule is COc1ccc2nc(C)nc(SCC(=O)c3ccc([C@](C)(O)C(=O)NC4CC4)s3)c2c1. The lowest BCUT2D eigenvalue weighted by molar-refractivity contribution is -0.138. The molecule has 7 nitrogen and oxygen atoms in total. The molecule has 3 aromatic rings. The number of thioether (sulfide) groups is 1. The fourth-order valence-corrected chi connectivity index (χ4v) is 5.06. The van der Waals surface area contributed by atoms with Gasteiger partial charge in [-0.25, -0.2) is 9.97 Å². The summed E-state index contributed by atoms with van der Waals surface area (Å²) in [5, 5.41) is 15.0. The van der Waals surface area contributed by atoms with Gasteiger partial charge in [0.1, 0.15) is 16.6 Å². The smallest absolute Gasteiger partial charge is 0.257 e. The molecule has 1 atom stereocenters. The highest BCUT2D eigenvalue weighted by Gasteiger charge is 2.37. The Labute approximate surface area is 188 Å². The molecule has 0 bridgehead atoms. The number of ketones is 1.